The van der Waals surface area contributed by atoms with Gasteiger partial charge in [0.15, 0.2) is 0 Å². The molecule has 96 valence electrons. The van der Waals surface area contributed by atoms with Gasteiger partial charge in [-0.05, 0) is 31.9 Å². The molecule has 0 radical (unpaired) electrons. The summed E-state index contributed by atoms with van der Waals surface area (Å²) in [6, 6.07) is 7.10. The van der Waals surface area contributed by atoms with Gasteiger partial charge in [-0.3, -0.25) is 0 Å². The second kappa shape index (κ2) is 3.93. The average Bonchev–Trinajstić information content (AvgIpc) is 2.67. The normalized spacial score (nSPS) is 27.6. The van der Waals surface area contributed by atoms with E-state index >= 15 is 0 Å². The molecular formula is C14H17NO2S. The number of rotatable bonds is 2. The minimum absolute atomic E-state index is 0.409. The summed E-state index contributed by atoms with van der Waals surface area (Å²) in [5.74, 6) is 0.885. The molecule has 1 aromatic rings. The lowest BCUT2D eigenvalue weighted by atomic mass is 9.78. The molecule has 1 saturated heterocycles. The third kappa shape index (κ3) is 1.71. The molecule has 0 bridgehead atoms. The maximum Gasteiger partial charge on any atom is 0.243 e. The van der Waals surface area contributed by atoms with Crippen molar-refractivity contribution < 1.29 is 8.42 Å². The Bertz CT molecular complexity index is 601. The Hall–Kier alpha value is -1.13. The highest BCUT2D eigenvalue weighted by Crippen LogP contribution is 2.41. The SMILES string of the molecule is CC1=CC2CN(S(=O)(=O)c3ccc(C)cc3)CC12. The first kappa shape index (κ1) is 11.9. The second-order valence-electron chi connectivity index (χ2n) is 5.32. The summed E-state index contributed by atoms with van der Waals surface area (Å²) in [6.45, 7) is 5.32. The fourth-order valence-corrected chi connectivity index (χ4v) is 4.34. The maximum absolute atomic E-state index is 12.5. The van der Waals surface area contributed by atoms with Crippen LogP contribution in [0.2, 0.25) is 0 Å². The molecule has 3 rings (SSSR count). The number of hydrogen-bond donors (Lipinski definition) is 0. The van der Waals surface area contributed by atoms with Crippen molar-refractivity contribution in [1.82, 2.24) is 4.31 Å². The minimum Gasteiger partial charge on any atom is -0.207 e. The molecule has 4 heteroatoms. The first-order chi connectivity index (χ1) is 8.48. The molecule has 0 N–H and O–H groups in total. The standard InChI is InChI=1S/C14H17NO2S/c1-10-3-5-13(6-4-10)18(16,17)15-8-12-7-11(2)14(12)9-15/h3-7,12,14H,8-9H2,1-2H3. The van der Waals surface area contributed by atoms with Crippen molar-refractivity contribution in [2.24, 2.45) is 11.8 Å². The largest absolute Gasteiger partial charge is 0.243 e. The van der Waals surface area contributed by atoms with Crippen LogP contribution in [0, 0.1) is 18.8 Å². The Labute approximate surface area is 108 Å². The number of hydrogen-bond acceptors (Lipinski definition) is 2. The Kier molecular flexibility index (Phi) is 2.61. The van der Waals surface area contributed by atoms with E-state index in [1.807, 2.05) is 19.1 Å². The van der Waals surface area contributed by atoms with Crippen LogP contribution in [-0.4, -0.2) is 25.8 Å². The lowest BCUT2D eigenvalue weighted by Crippen LogP contribution is -2.28. The van der Waals surface area contributed by atoms with Crippen LogP contribution in [-0.2, 0) is 10.0 Å². The van der Waals surface area contributed by atoms with E-state index in [2.05, 4.69) is 13.0 Å². The molecule has 0 aromatic heterocycles. The second-order valence-corrected chi connectivity index (χ2v) is 7.25. The third-order valence-corrected chi connectivity index (χ3v) is 5.90. The molecule has 0 spiro atoms. The molecule has 0 saturated carbocycles. The minimum atomic E-state index is -3.30. The zero-order valence-electron chi connectivity index (χ0n) is 10.6. The Morgan fingerprint density at radius 2 is 1.78 bits per heavy atom. The van der Waals surface area contributed by atoms with Gasteiger partial charge < -0.3 is 0 Å². The third-order valence-electron chi connectivity index (χ3n) is 4.05. The van der Waals surface area contributed by atoms with Gasteiger partial charge in [0.1, 0.15) is 0 Å². The van der Waals surface area contributed by atoms with Crippen molar-refractivity contribution in [2.45, 2.75) is 18.7 Å². The fraction of sp³-hybridized carbons (Fsp3) is 0.429. The van der Waals surface area contributed by atoms with Crippen LogP contribution < -0.4 is 0 Å². The van der Waals surface area contributed by atoms with Crippen LogP contribution in [0.3, 0.4) is 0 Å². The van der Waals surface area contributed by atoms with E-state index in [0.717, 1.165) is 5.56 Å². The molecule has 2 atom stereocenters. The van der Waals surface area contributed by atoms with Gasteiger partial charge in [0.25, 0.3) is 0 Å². The lowest BCUT2D eigenvalue weighted by molar-refractivity contribution is 0.468. The topological polar surface area (TPSA) is 37.4 Å². The van der Waals surface area contributed by atoms with Crippen LogP contribution in [0.5, 0.6) is 0 Å². The predicted molar refractivity (Wildman–Crippen MR) is 70.7 cm³/mol. The van der Waals surface area contributed by atoms with Gasteiger partial charge in [0.2, 0.25) is 10.0 Å². The summed E-state index contributed by atoms with van der Waals surface area (Å²) in [6.07, 6.45) is 2.19. The molecule has 3 nitrogen and oxygen atoms in total. The number of sulfonamides is 1. The zero-order valence-corrected chi connectivity index (χ0v) is 11.4. The average molecular weight is 263 g/mol. The lowest BCUT2D eigenvalue weighted by Gasteiger charge is -2.25. The van der Waals surface area contributed by atoms with Crippen LogP contribution in [0.4, 0.5) is 0 Å². The summed E-state index contributed by atoms with van der Waals surface area (Å²) in [5, 5.41) is 0. The van der Waals surface area contributed by atoms with Gasteiger partial charge in [-0.1, -0.05) is 29.3 Å². The van der Waals surface area contributed by atoms with E-state index < -0.39 is 10.0 Å². The molecule has 1 aliphatic heterocycles. The molecule has 1 aromatic carbocycles. The van der Waals surface area contributed by atoms with E-state index in [9.17, 15) is 8.42 Å². The van der Waals surface area contributed by atoms with Crippen LogP contribution in [0.15, 0.2) is 40.8 Å². The van der Waals surface area contributed by atoms with Gasteiger partial charge in [-0.15, -0.1) is 0 Å². The number of benzene rings is 1. The van der Waals surface area contributed by atoms with E-state index in [0.29, 0.717) is 29.8 Å². The highest BCUT2D eigenvalue weighted by atomic mass is 32.2. The van der Waals surface area contributed by atoms with Crippen molar-refractivity contribution in [2.75, 3.05) is 13.1 Å². The van der Waals surface area contributed by atoms with E-state index in [-0.39, 0.29) is 0 Å². The Morgan fingerprint density at radius 1 is 1.11 bits per heavy atom. The number of aryl methyl sites for hydroxylation is 1. The molecule has 2 aliphatic rings. The van der Waals surface area contributed by atoms with Crippen molar-refractivity contribution in [3.63, 3.8) is 0 Å². The summed E-state index contributed by atoms with van der Waals surface area (Å²) in [4.78, 5) is 0.409. The van der Waals surface area contributed by atoms with Crippen molar-refractivity contribution >= 4 is 10.0 Å². The van der Waals surface area contributed by atoms with Crippen molar-refractivity contribution in [3.8, 4) is 0 Å². The first-order valence-corrected chi connectivity index (χ1v) is 7.67. The molecule has 1 heterocycles. The smallest absolute Gasteiger partial charge is 0.207 e. The van der Waals surface area contributed by atoms with Crippen LogP contribution in [0.1, 0.15) is 12.5 Å². The van der Waals surface area contributed by atoms with E-state index in [1.165, 1.54) is 5.57 Å². The summed E-state index contributed by atoms with van der Waals surface area (Å²) in [5.41, 5.74) is 2.41. The highest BCUT2D eigenvalue weighted by Gasteiger charge is 2.43. The van der Waals surface area contributed by atoms with Crippen LogP contribution >= 0.6 is 0 Å². The van der Waals surface area contributed by atoms with Crippen molar-refractivity contribution in [1.29, 1.82) is 0 Å². The Balaban J connectivity index is 1.86. The van der Waals surface area contributed by atoms with Gasteiger partial charge in [-0.2, -0.15) is 4.31 Å². The maximum atomic E-state index is 12.5. The zero-order chi connectivity index (χ0) is 12.9. The molecule has 1 aliphatic carbocycles. The first-order valence-electron chi connectivity index (χ1n) is 6.23. The van der Waals surface area contributed by atoms with E-state index in [4.69, 9.17) is 0 Å². The Morgan fingerprint density at radius 3 is 2.33 bits per heavy atom. The predicted octanol–water partition coefficient (Wildman–Crippen LogP) is 2.19. The molecular weight excluding hydrogens is 246 g/mol. The molecule has 0 amide bonds. The summed E-state index contributed by atoms with van der Waals surface area (Å²) < 4.78 is 26.6. The highest BCUT2D eigenvalue weighted by molar-refractivity contribution is 7.89. The van der Waals surface area contributed by atoms with Gasteiger partial charge >= 0.3 is 0 Å². The van der Waals surface area contributed by atoms with Gasteiger partial charge in [0, 0.05) is 19.0 Å². The van der Waals surface area contributed by atoms with E-state index in [1.54, 1.807) is 16.4 Å². The number of nitrogens with zero attached hydrogens (tertiary/aromatic N) is 1. The van der Waals surface area contributed by atoms with Crippen molar-refractivity contribution in [3.05, 3.63) is 41.5 Å². The molecule has 18 heavy (non-hydrogen) atoms. The molecule has 1 fully saturated rings. The monoisotopic (exact) mass is 263 g/mol. The number of fused-ring (bicyclic) bond motifs is 1. The molecule has 2 unspecified atom stereocenters. The van der Waals surface area contributed by atoms with Crippen LogP contribution in [0.25, 0.3) is 0 Å². The van der Waals surface area contributed by atoms with Gasteiger partial charge in [0.05, 0.1) is 4.90 Å². The quantitative estimate of drug-likeness (QED) is 0.767. The summed E-state index contributed by atoms with van der Waals surface area (Å²) >= 11 is 0. The van der Waals surface area contributed by atoms with Gasteiger partial charge in [-0.25, -0.2) is 8.42 Å². The summed E-state index contributed by atoms with van der Waals surface area (Å²) in [7, 11) is -3.30. The fourth-order valence-electron chi connectivity index (χ4n) is 2.84.